The molecule has 0 saturated heterocycles. The summed E-state index contributed by atoms with van der Waals surface area (Å²) in [4.78, 5) is 31.8. The van der Waals surface area contributed by atoms with Crippen LogP contribution in [-0.2, 0) is 4.79 Å². The number of rotatable bonds is 5. The molecule has 21 heavy (non-hydrogen) atoms. The van der Waals surface area contributed by atoms with Gasteiger partial charge in [-0.3, -0.25) is 14.9 Å². The van der Waals surface area contributed by atoms with Crippen molar-refractivity contribution in [3.63, 3.8) is 0 Å². The topological polar surface area (TPSA) is 130 Å². The van der Waals surface area contributed by atoms with Gasteiger partial charge in [0.2, 0.25) is 5.82 Å². The highest BCUT2D eigenvalue weighted by Crippen LogP contribution is 2.23. The molecule has 1 rings (SSSR count). The zero-order chi connectivity index (χ0) is 16.3. The molecule has 0 saturated carbocycles. The lowest BCUT2D eigenvalue weighted by molar-refractivity contribution is -0.387. The van der Waals surface area contributed by atoms with Crippen LogP contribution in [0.5, 0.6) is 0 Å². The number of carbonyl (C=O) groups is 2. The minimum absolute atomic E-state index is 0.508. The lowest BCUT2D eigenvalue weighted by Gasteiger charge is -2.17. The van der Waals surface area contributed by atoms with Crippen LogP contribution in [0.3, 0.4) is 0 Å². The van der Waals surface area contributed by atoms with Crippen LogP contribution in [0.4, 0.5) is 14.5 Å². The summed E-state index contributed by atoms with van der Waals surface area (Å²) < 4.78 is 27.2. The lowest BCUT2D eigenvalue weighted by Crippen LogP contribution is -2.48. The van der Waals surface area contributed by atoms with E-state index in [2.05, 4.69) is 0 Å². The molecule has 1 amide bonds. The van der Waals surface area contributed by atoms with E-state index in [9.17, 15) is 28.5 Å². The molecular formula is C11H10F2N2O6. The van der Waals surface area contributed by atoms with Gasteiger partial charge in [0.25, 0.3) is 5.91 Å². The Morgan fingerprint density at radius 2 is 1.95 bits per heavy atom. The van der Waals surface area contributed by atoms with Gasteiger partial charge in [-0.1, -0.05) is 0 Å². The maximum atomic E-state index is 13.7. The van der Waals surface area contributed by atoms with Crippen LogP contribution in [-0.4, -0.2) is 39.2 Å². The number of aliphatic hydroxyl groups excluding tert-OH is 1. The van der Waals surface area contributed by atoms with Crippen molar-refractivity contribution < 1.29 is 33.5 Å². The number of carbonyl (C=O) groups excluding carboxylic acids is 1. The molecule has 0 heterocycles. The number of aliphatic carboxylic acids is 1. The fourth-order valence-corrected chi connectivity index (χ4v) is 1.49. The van der Waals surface area contributed by atoms with Gasteiger partial charge in [0, 0.05) is 6.07 Å². The molecule has 0 bridgehead atoms. The average Bonchev–Trinajstić information content (AvgIpc) is 2.34. The van der Waals surface area contributed by atoms with Gasteiger partial charge >= 0.3 is 11.7 Å². The summed E-state index contributed by atoms with van der Waals surface area (Å²) in [6.07, 6.45) is -1.55. The third-order valence-corrected chi connectivity index (χ3v) is 2.53. The number of aliphatic hydroxyl groups is 1. The van der Waals surface area contributed by atoms with Crippen LogP contribution >= 0.6 is 0 Å². The lowest BCUT2D eigenvalue weighted by atomic mass is 10.1. The van der Waals surface area contributed by atoms with E-state index in [-0.39, 0.29) is 0 Å². The van der Waals surface area contributed by atoms with Gasteiger partial charge in [-0.05, 0) is 13.0 Å². The Morgan fingerprint density at radius 3 is 2.38 bits per heavy atom. The van der Waals surface area contributed by atoms with Gasteiger partial charge in [0.15, 0.2) is 6.04 Å². The fourth-order valence-electron chi connectivity index (χ4n) is 1.49. The first kappa shape index (κ1) is 16.4. The van der Waals surface area contributed by atoms with Gasteiger partial charge in [0.1, 0.15) is 11.4 Å². The Bertz CT molecular complexity index is 605. The molecule has 114 valence electrons. The Morgan fingerprint density at radius 1 is 1.38 bits per heavy atom. The van der Waals surface area contributed by atoms with Crippen LogP contribution in [0.2, 0.25) is 0 Å². The van der Waals surface area contributed by atoms with Crippen LogP contribution in [0.15, 0.2) is 12.1 Å². The van der Waals surface area contributed by atoms with E-state index in [1.165, 1.54) is 0 Å². The quantitative estimate of drug-likeness (QED) is 0.534. The van der Waals surface area contributed by atoms with E-state index in [1.54, 1.807) is 5.32 Å². The van der Waals surface area contributed by atoms with E-state index in [4.69, 9.17) is 10.2 Å². The van der Waals surface area contributed by atoms with E-state index in [0.29, 0.717) is 12.1 Å². The summed E-state index contributed by atoms with van der Waals surface area (Å²) in [6.45, 7) is 1.04. The van der Waals surface area contributed by atoms with Gasteiger partial charge in [0.05, 0.1) is 11.0 Å². The summed E-state index contributed by atoms with van der Waals surface area (Å²) in [5, 5.41) is 30.1. The predicted octanol–water partition coefficient (Wildman–Crippen LogP) is 0.437. The van der Waals surface area contributed by atoms with E-state index < -0.39 is 51.8 Å². The number of amides is 1. The number of nitrogens with one attached hydrogen (secondary N) is 1. The number of carboxylic acids is 1. The van der Waals surface area contributed by atoms with Gasteiger partial charge in [-0.2, -0.15) is 4.39 Å². The average molecular weight is 304 g/mol. The molecule has 0 aliphatic heterocycles. The monoisotopic (exact) mass is 304 g/mol. The van der Waals surface area contributed by atoms with Crippen molar-refractivity contribution in [3.8, 4) is 0 Å². The molecule has 0 spiro atoms. The number of nitrogens with zero attached hydrogens (tertiary/aromatic N) is 1. The molecule has 8 nitrogen and oxygen atoms in total. The zero-order valence-corrected chi connectivity index (χ0v) is 10.5. The standard InChI is InChI=1S/C11H10F2N2O6/c1-4(16)9(11(18)19)14-10(17)7-5(12)2-3-6(8(7)13)15(20)21/h2-4,9,16H,1H3,(H,14,17)(H,18,19). The highest BCUT2D eigenvalue weighted by molar-refractivity contribution is 5.97. The summed E-state index contributed by atoms with van der Waals surface area (Å²) in [5.41, 5.74) is -2.43. The smallest absolute Gasteiger partial charge is 0.328 e. The highest BCUT2D eigenvalue weighted by Gasteiger charge is 2.31. The Hall–Kier alpha value is -2.62. The second-order valence-electron chi connectivity index (χ2n) is 4.04. The Labute approximate surface area is 116 Å². The summed E-state index contributed by atoms with van der Waals surface area (Å²) in [6, 6.07) is -0.783. The van der Waals surface area contributed by atoms with Crippen molar-refractivity contribution in [3.05, 3.63) is 39.4 Å². The second kappa shape index (κ2) is 6.22. The highest BCUT2D eigenvalue weighted by atomic mass is 19.1. The van der Waals surface area contributed by atoms with E-state index in [0.717, 1.165) is 6.92 Å². The summed E-state index contributed by atoms with van der Waals surface area (Å²) in [7, 11) is 0. The van der Waals surface area contributed by atoms with Gasteiger partial charge < -0.3 is 15.5 Å². The van der Waals surface area contributed by atoms with Crippen molar-refractivity contribution in [2.75, 3.05) is 0 Å². The molecular weight excluding hydrogens is 294 g/mol. The first-order valence-corrected chi connectivity index (χ1v) is 5.51. The minimum Gasteiger partial charge on any atom is -0.480 e. The van der Waals surface area contributed by atoms with Crippen LogP contribution < -0.4 is 5.32 Å². The van der Waals surface area contributed by atoms with Crippen LogP contribution in [0, 0.1) is 21.7 Å². The van der Waals surface area contributed by atoms with Gasteiger partial charge in [-0.25, -0.2) is 9.18 Å². The Kier molecular flexibility index (Phi) is 4.87. The molecule has 0 aromatic heterocycles. The zero-order valence-electron chi connectivity index (χ0n) is 10.5. The molecule has 1 aromatic rings. The minimum atomic E-state index is -1.82. The van der Waals surface area contributed by atoms with Crippen molar-refractivity contribution in [2.24, 2.45) is 0 Å². The molecule has 2 atom stereocenters. The number of benzene rings is 1. The normalized spacial score (nSPS) is 13.3. The number of carboxylic acid groups (broad SMARTS) is 1. The SMILES string of the molecule is CC(O)C(NC(=O)c1c(F)ccc([N+](=O)[O-])c1F)C(=O)O. The molecule has 0 radical (unpaired) electrons. The molecule has 2 unspecified atom stereocenters. The maximum absolute atomic E-state index is 13.7. The van der Waals surface area contributed by atoms with Crippen molar-refractivity contribution >= 4 is 17.6 Å². The molecule has 0 aliphatic rings. The molecule has 0 fully saturated rings. The predicted molar refractivity (Wildman–Crippen MR) is 63.6 cm³/mol. The molecule has 1 aromatic carbocycles. The number of hydrogen-bond donors (Lipinski definition) is 3. The van der Waals surface area contributed by atoms with Crippen LogP contribution in [0.1, 0.15) is 17.3 Å². The molecule has 0 aliphatic carbocycles. The maximum Gasteiger partial charge on any atom is 0.328 e. The van der Waals surface area contributed by atoms with Crippen molar-refractivity contribution in [2.45, 2.75) is 19.1 Å². The fraction of sp³-hybridized carbons (Fsp3) is 0.273. The van der Waals surface area contributed by atoms with Gasteiger partial charge in [-0.15, -0.1) is 0 Å². The summed E-state index contributed by atoms with van der Waals surface area (Å²) >= 11 is 0. The van der Waals surface area contributed by atoms with E-state index in [1.807, 2.05) is 0 Å². The summed E-state index contributed by atoms with van der Waals surface area (Å²) in [5.74, 6) is -6.29. The van der Waals surface area contributed by atoms with E-state index >= 15 is 0 Å². The first-order valence-electron chi connectivity index (χ1n) is 5.51. The van der Waals surface area contributed by atoms with Crippen molar-refractivity contribution in [1.82, 2.24) is 5.32 Å². The second-order valence-corrected chi connectivity index (χ2v) is 4.04. The number of nitro benzene ring substituents is 1. The number of nitro groups is 1. The molecule has 10 heteroatoms. The van der Waals surface area contributed by atoms with Crippen molar-refractivity contribution in [1.29, 1.82) is 0 Å². The number of hydrogen-bond acceptors (Lipinski definition) is 5. The molecule has 3 N–H and O–H groups in total. The first-order chi connectivity index (χ1) is 9.66. The third kappa shape index (κ3) is 3.48. The Balaban J connectivity index is 3.21. The third-order valence-electron chi connectivity index (χ3n) is 2.53. The number of halogens is 2. The largest absolute Gasteiger partial charge is 0.480 e. The van der Waals surface area contributed by atoms with Crippen LogP contribution in [0.25, 0.3) is 0 Å².